The average molecular weight is 249 g/mol. The first-order valence-corrected chi connectivity index (χ1v) is 6.34. The Labute approximate surface area is 92.0 Å². The van der Waals surface area contributed by atoms with E-state index in [-0.39, 0.29) is 4.21 Å². The minimum Gasteiger partial charge on any atom is -0.480 e. The lowest BCUT2D eigenvalue weighted by Gasteiger charge is -2.12. The summed E-state index contributed by atoms with van der Waals surface area (Å²) in [5.41, 5.74) is 0. The van der Waals surface area contributed by atoms with Crippen molar-refractivity contribution in [2.45, 2.75) is 11.1 Å². The Bertz CT molecular complexity index is 463. The Balaban J connectivity index is 2.98. The average Bonchev–Trinajstić information content (AvgIpc) is 2.50. The summed E-state index contributed by atoms with van der Waals surface area (Å²) in [6.45, 7) is 1.26. The highest BCUT2D eigenvalue weighted by Gasteiger charge is 2.23. The molecule has 0 bridgehead atoms. The van der Waals surface area contributed by atoms with E-state index in [1.165, 1.54) is 13.1 Å². The third-order valence-corrected chi connectivity index (χ3v) is 5.01. The van der Waals surface area contributed by atoms with Crippen molar-refractivity contribution in [3.05, 3.63) is 17.0 Å². The molecule has 1 aromatic rings. The second-order valence-electron chi connectivity index (χ2n) is 3.02. The van der Waals surface area contributed by atoms with Gasteiger partial charge in [-0.05, 0) is 19.1 Å². The summed E-state index contributed by atoms with van der Waals surface area (Å²) < 4.78 is 24.5. The van der Waals surface area contributed by atoms with Crippen molar-refractivity contribution in [2.75, 3.05) is 13.6 Å². The van der Waals surface area contributed by atoms with E-state index in [1.54, 1.807) is 13.0 Å². The molecule has 0 aliphatic heterocycles. The molecule has 0 fully saturated rings. The van der Waals surface area contributed by atoms with Gasteiger partial charge < -0.3 is 5.11 Å². The lowest BCUT2D eigenvalue weighted by molar-refractivity contribution is -0.137. The fraction of sp³-hybridized carbons (Fsp3) is 0.375. The summed E-state index contributed by atoms with van der Waals surface area (Å²) in [7, 11) is -2.39. The Hall–Kier alpha value is -0.920. The molecule has 0 spiro atoms. The lowest BCUT2D eigenvalue weighted by atomic mass is 10.5. The van der Waals surface area contributed by atoms with Crippen LogP contribution in [0.2, 0.25) is 0 Å². The zero-order chi connectivity index (χ0) is 11.6. The molecule has 0 amide bonds. The highest BCUT2D eigenvalue weighted by atomic mass is 32.2. The SMILES string of the molecule is Cc1ccc(S(=O)(=O)N(C)CC(=O)O)s1. The van der Waals surface area contributed by atoms with E-state index in [1.807, 2.05) is 0 Å². The molecule has 15 heavy (non-hydrogen) atoms. The molecule has 1 N–H and O–H groups in total. The zero-order valence-electron chi connectivity index (χ0n) is 8.30. The smallest absolute Gasteiger partial charge is 0.318 e. The van der Waals surface area contributed by atoms with Crippen LogP contribution in [0.5, 0.6) is 0 Å². The van der Waals surface area contributed by atoms with Gasteiger partial charge in [-0.15, -0.1) is 11.3 Å². The number of likely N-dealkylation sites (N-methyl/N-ethyl adjacent to an activating group) is 1. The van der Waals surface area contributed by atoms with Crippen LogP contribution in [0.3, 0.4) is 0 Å². The molecule has 0 aliphatic rings. The van der Waals surface area contributed by atoms with Crippen molar-refractivity contribution in [1.82, 2.24) is 4.31 Å². The van der Waals surface area contributed by atoms with Gasteiger partial charge in [-0.3, -0.25) is 4.79 Å². The quantitative estimate of drug-likeness (QED) is 0.855. The summed E-state index contributed by atoms with van der Waals surface area (Å²) >= 11 is 1.13. The predicted octanol–water partition coefficient (Wildman–Crippen LogP) is 0.762. The first kappa shape index (κ1) is 12.2. The highest BCUT2D eigenvalue weighted by molar-refractivity contribution is 7.91. The monoisotopic (exact) mass is 249 g/mol. The second kappa shape index (κ2) is 4.30. The van der Waals surface area contributed by atoms with Crippen LogP contribution in [0.15, 0.2) is 16.3 Å². The molecule has 5 nitrogen and oxygen atoms in total. The molecule has 7 heteroatoms. The maximum absolute atomic E-state index is 11.8. The number of carboxylic acids is 1. The summed E-state index contributed by atoms with van der Waals surface area (Å²) in [5, 5.41) is 8.50. The van der Waals surface area contributed by atoms with Crippen LogP contribution in [0, 0.1) is 6.92 Å². The zero-order valence-corrected chi connectivity index (χ0v) is 9.93. The fourth-order valence-corrected chi connectivity index (χ4v) is 3.59. The third-order valence-electron chi connectivity index (χ3n) is 1.74. The number of rotatable bonds is 4. The van der Waals surface area contributed by atoms with Gasteiger partial charge in [-0.1, -0.05) is 0 Å². The molecule has 1 aromatic heterocycles. The van der Waals surface area contributed by atoms with E-state index < -0.39 is 22.5 Å². The number of carboxylic acid groups (broad SMARTS) is 1. The number of carbonyl (C=O) groups is 1. The van der Waals surface area contributed by atoms with E-state index in [2.05, 4.69) is 0 Å². The van der Waals surface area contributed by atoms with Crippen LogP contribution in [0.1, 0.15) is 4.88 Å². The Morgan fingerprint density at radius 2 is 2.13 bits per heavy atom. The van der Waals surface area contributed by atoms with Gasteiger partial charge in [-0.2, -0.15) is 4.31 Å². The molecular formula is C8H11NO4S2. The van der Waals surface area contributed by atoms with Crippen LogP contribution in [0.25, 0.3) is 0 Å². The highest BCUT2D eigenvalue weighted by Crippen LogP contribution is 2.23. The number of thiophene rings is 1. The van der Waals surface area contributed by atoms with Gasteiger partial charge in [0.25, 0.3) is 10.0 Å². The molecule has 0 aromatic carbocycles. The summed E-state index contributed by atoms with van der Waals surface area (Å²) in [6, 6.07) is 3.17. The van der Waals surface area contributed by atoms with E-state index in [0.29, 0.717) is 0 Å². The minimum absolute atomic E-state index is 0.170. The van der Waals surface area contributed by atoms with Gasteiger partial charge >= 0.3 is 5.97 Å². The van der Waals surface area contributed by atoms with Crippen molar-refractivity contribution in [3.63, 3.8) is 0 Å². The number of hydrogen-bond donors (Lipinski definition) is 1. The number of aliphatic carboxylic acids is 1. The molecule has 0 aliphatic carbocycles. The number of nitrogens with zero attached hydrogens (tertiary/aromatic N) is 1. The molecular weight excluding hydrogens is 238 g/mol. The first-order valence-electron chi connectivity index (χ1n) is 4.08. The van der Waals surface area contributed by atoms with Crippen molar-refractivity contribution in [3.8, 4) is 0 Å². The van der Waals surface area contributed by atoms with E-state index in [0.717, 1.165) is 20.5 Å². The molecule has 0 saturated heterocycles. The normalized spacial score (nSPS) is 11.9. The van der Waals surface area contributed by atoms with Gasteiger partial charge in [0, 0.05) is 11.9 Å². The van der Waals surface area contributed by atoms with Crippen molar-refractivity contribution in [1.29, 1.82) is 0 Å². The predicted molar refractivity (Wildman–Crippen MR) is 56.5 cm³/mol. The number of aryl methyl sites for hydroxylation is 1. The van der Waals surface area contributed by atoms with E-state index >= 15 is 0 Å². The van der Waals surface area contributed by atoms with Crippen LogP contribution < -0.4 is 0 Å². The van der Waals surface area contributed by atoms with E-state index in [4.69, 9.17) is 5.11 Å². The molecule has 0 unspecified atom stereocenters. The molecule has 0 saturated carbocycles. The van der Waals surface area contributed by atoms with Crippen molar-refractivity contribution >= 4 is 27.3 Å². The third kappa shape index (κ3) is 2.77. The maximum Gasteiger partial charge on any atom is 0.318 e. The molecule has 0 radical (unpaired) electrons. The molecule has 1 rings (SSSR count). The van der Waals surface area contributed by atoms with Crippen LogP contribution in [-0.2, 0) is 14.8 Å². The number of sulfonamides is 1. The van der Waals surface area contributed by atoms with E-state index in [9.17, 15) is 13.2 Å². The molecule has 84 valence electrons. The van der Waals surface area contributed by atoms with Gasteiger partial charge in [0.05, 0.1) is 0 Å². The topological polar surface area (TPSA) is 74.7 Å². The first-order chi connectivity index (χ1) is 6.84. The standard InChI is InChI=1S/C8H11NO4S2/c1-6-3-4-8(14-6)15(12,13)9(2)5-7(10)11/h3-4H,5H2,1-2H3,(H,10,11). The second-order valence-corrected chi connectivity index (χ2v) is 6.58. The molecule has 1 heterocycles. The lowest BCUT2D eigenvalue weighted by Crippen LogP contribution is -2.31. The van der Waals surface area contributed by atoms with Crippen molar-refractivity contribution in [2.24, 2.45) is 0 Å². The van der Waals surface area contributed by atoms with Gasteiger partial charge in [0.1, 0.15) is 10.8 Å². The number of hydrogen-bond acceptors (Lipinski definition) is 4. The van der Waals surface area contributed by atoms with Gasteiger partial charge in [0.2, 0.25) is 0 Å². The summed E-state index contributed by atoms with van der Waals surface area (Å²) in [5.74, 6) is -1.17. The Morgan fingerprint density at radius 1 is 1.53 bits per heavy atom. The van der Waals surface area contributed by atoms with Crippen LogP contribution in [-0.4, -0.2) is 37.4 Å². The maximum atomic E-state index is 11.8. The van der Waals surface area contributed by atoms with Gasteiger partial charge in [-0.25, -0.2) is 8.42 Å². The Kier molecular flexibility index (Phi) is 3.48. The fourth-order valence-electron chi connectivity index (χ4n) is 0.980. The summed E-state index contributed by atoms with van der Waals surface area (Å²) in [6.07, 6.45) is 0. The largest absolute Gasteiger partial charge is 0.480 e. The van der Waals surface area contributed by atoms with Crippen molar-refractivity contribution < 1.29 is 18.3 Å². The summed E-state index contributed by atoms with van der Waals surface area (Å²) in [4.78, 5) is 11.3. The van der Waals surface area contributed by atoms with Crippen LogP contribution >= 0.6 is 11.3 Å². The van der Waals surface area contributed by atoms with Gasteiger partial charge in [0.15, 0.2) is 0 Å². The van der Waals surface area contributed by atoms with Crippen LogP contribution in [0.4, 0.5) is 0 Å². The molecule has 0 atom stereocenters. The Morgan fingerprint density at radius 3 is 2.53 bits per heavy atom. The minimum atomic E-state index is -3.64.